The SMILES string of the molecule is COC(=O)C1(N)CCCC(N2CC(OC)C(OC)C2)C1. The van der Waals surface area contributed by atoms with Gasteiger partial charge in [-0.3, -0.25) is 9.69 Å². The summed E-state index contributed by atoms with van der Waals surface area (Å²) in [6.07, 6.45) is 3.53. The molecule has 6 heteroatoms. The van der Waals surface area contributed by atoms with Crippen molar-refractivity contribution in [2.75, 3.05) is 34.4 Å². The van der Waals surface area contributed by atoms with Crippen molar-refractivity contribution in [1.29, 1.82) is 0 Å². The Morgan fingerprint density at radius 1 is 1.20 bits per heavy atom. The number of hydrogen-bond donors (Lipinski definition) is 1. The van der Waals surface area contributed by atoms with Crippen molar-refractivity contribution in [2.24, 2.45) is 5.73 Å². The van der Waals surface area contributed by atoms with Gasteiger partial charge in [0.25, 0.3) is 0 Å². The monoisotopic (exact) mass is 286 g/mol. The molecule has 1 aliphatic carbocycles. The van der Waals surface area contributed by atoms with E-state index in [1.165, 1.54) is 7.11 Å². The summed E-state index contributed by atoms with van der Waals surface area (Å²) in [5.74, 6) is -0.298. The Balaban J connectivity index is 2.01. The first-order valence-corrected chi connectivity index (χ1v) is 7.21. The fourth-order valence-corrected chi connectivity index (χ4v) is 3.50. The molecule has 2 fully saturated rings. The predicted octanol–water partition coefficient (Wildman–Crippen LogP) is 0.145. The van der Waals surface area contributed by atoms with E-state index >= 15 is 0 Å². The number of nitrogens with zero attached hydrogens (tertiary/aromatic N) is 1. The Bertz CT molecular complexity index is 340. The molecule has 1 heterocycles. The second-order valence-electron chi connectivity index (χ2n) is 5.90. The molecule has 20 heavy (non-hydrogen) atoms. The third-order valence-corrected chi connectivity index (χ3v) is 4.72. The fourth-order valence-electron chi connectivity index (χ4n) is 3.50. The predicted molar refractivity (Wildman–Crippen MR) is 74.4 cm³/mol. The Morgan fingerprint density at radius 3 is 2.30 bits per heavy atom. The molecule has 1 aliphatic heterocycles. The average Bonchev–Trinajstić information content (AvgIpc) is 2.89. The van der Waals surface area contributed by atoms with Crippen molar-refractivity contribution in [3.63, 3.8) is 0 Å². The second-order valence-corrected chi connectivity index (χ2v) is 5.90. The number of methoxy groups -OCH3 is 3. The molecule has 0 bridgehead atoms. The Hall–Kier alpha value is -0.690. The summed E-state index contributed by atoms with van der Waals surface area (Å²) in [7, 11) is 4.82. The number of nitrogens with two attached hydrogens (primary N) is 1. The fraction of sp³-hybridized carbons (Fsp3) is 0.929. The molecule has 2 rings (SSSR count). The number of ether oxygens (including phenoxy) is 3. The van der Waals surface area contributed by atoms with Gasteiger partial charge in [0.2, 0.25) is 0 Å². The highest BCUT2D eigenvalue weighted by Crippen LogP contribution is 2.32. The standard InChI is InChI=1S/C14H26N2O4/c1-18-11-8-16(9-12(11)19-2)10-5-4-6-14(15,7-10)13(17)20-3/h10-12H,4-9,15H2,1-3H3. The molecule has 2 N–H and O–H groups in total. The van der Waals surface area contributed by atoms with Gasteiger partial charge in [0.1, 0.15) is 5.54 Å². The van der Waals surface area contributed by atoms with Crippen molar-refractivity contribution < 1.29 is 19.0 Å². The van der Waals surface area contributed by atoms with Crippen LogP contribution in [0.4, 0.5) is 0 Å². The Morgan fingerprint density at radius 2 is 1.80 bits per heavy atom. The van der Waals surface area contributed by atoms with Gasteiger partial charge in [-0.1, -0.05) is 0 Å². The molecule has 0 aromatic carbocycles. The normalized spacial score (nSPS) is 38.9. The van der Waals surface area contributed by atoms with E-state index in [0.29, 0.717) is 18.9 Å². The summed E-state index contributed by atoms with van der Waals surface area (Å²) in [6.45, 7) is 1.66. The molecule has 1 saturated heterocycles. The van der Waals surface area contributed by atoms with Crippen molar-refractivity contribution >= 4 is 5.97 Å². The Labute approximate surface area is 120 Å². The van der Waals surface area contributed by atoms with Crippen molar-refractivity contribution in [3.05, 3.63) is 0 Å². The first kappa shape index (κ1) is 15.7. The topological polar surface area (TPSA) is 74.0 Å². The number of likely N-dealkylation sites (tertiary alicyclic amines) is 1. The van der Waals surface area contributed by atoms with Crippen LogP contribution in [0.3, 0.4) is 0 Å². The highest BCUT2D eigenvalue weighted by molar-refractivity contribution is 5.80. The van der Waals surface area contributed by atoms with Crippen LogP contribution in [0.15, 0.2) is 0 Å². The molecule has 116 valence electrons. The maximum absolute atomic E-state index is 11.9. The molecule has 4 atom stereocenters. The quantitative estimate of drug-likeness (QED) is 0.741. The van der Waals surface area contributed by atoms with E-state index in [0.717, 1.165) is 25.9 Å². The van der Waals surface area contributed by atoms with Crippen LogP contribution in [0, 0.1) is 0 Å². The number of esters is 1. The van der Waals surface area contributed by atoms with E-state index in [1.54, 1.807) is 14.2 Å². The molecular formula is C14H26N2O4. The minimum Gasteiger partial charge on any atom is -0.468 e. The summed E-state index contributed by atoms with van der Waals surface area (Å²) in [6, 6.07) is 0.297. The van der Waals surface area contributed by atoms with Crippen molar-refractivity contribution in [2.45, 2.75) is 49.5 Å². The minimum atomic E-state index is -0.842. The highest BCUT2D eigenvalue weighted by Gasteiger charge is 2.45. The maximum Gasteiger partial charge on any atom is 0.325 e. The lowest BCUT2D eigenvalue weighted by Crippen LogP contribution is -2.56. The molecule has 0 aromatic rings. The van der Waals surface area contributed by atoms with E-state index in [9.17, 15) is 4.79 Å². The average molecular weight is 286 g/mol. The summed E-state index contributed by atoms with van der Waals surface area (Å²) < 4.78 is 15.8. The van der Waals surface area contributed by atoms with Gasteiger partial charge in [-0.25, -0.2) is 0 Å². The van der Waals surface area contributed by atoms with Gasteiger partial charge in [-0.15, -0.1) is 0 Å². The van der Waals surface area contributed by atoms with E-state index in [1.807, 2.05) is 0 Å². The first-order chi connectivity index (χ1) is 9.54. The largest absolute Gasteiger partial charge is 0.468 e. The number of carbonyl (C=O) groups is 1. The van der Waals surface area contributed by atoms with Crippen LogP contribution in [0.2, 0.25) is 0 Å². The van der Waals surface area contributed by atoms with Crippen LogP contribution in [0.1, 0.15) is 25.7 Å². The smallest absolute Gasteiger partial charge is 0.325 e. The molecule has 0 amide bonds. The molecule has 2 aliphatic rings. The summed E-state index contributed by atoms with van der Waals surface area (Å²) in [5, 5.41) is 0. The van der Waals surface area contributed by atoms with Crippen molar-refractivity contribution in [3.8, 4) is 0 Å². The number of carbonyl (C=O) groups excluding carboxylic acids is 1. The lowest BCUT2D eigenvalue weighted by atomic mass is 9.79. The van der Waals surface area contributed by atoms with Gasteiger partial charge in [0.15, 0.2) is 0 Å². The van der Waals surface area contributed by atoms with Gasteiger partial charge in [-0.2, -0.15) is 0 Å². The summed E-state index contributed by atoms with van der Waals surface area (Å²) in [4.78, 5) is 14.2. The van der Waals surface area contributed by atoms with E-state index in [-0.39, 0.29) is 18.2 Å². The van der Waals surface area contributed by atoms with Crippen LogP contribution < -0.4 is 5.73 Å². The lowest BCUT2D eigenvalue weighted by Gasteiger charge is -2.39. The molecule has 0 spiro atoms. The van der Waals surface area contributed by atoms with Gasteiger partial charge >= 0.3 is 5.97 Å². The molecule has 1 saturated carbocycles. The first-order valence-electron chi connectivity index (χ1n) is 7.21. The third-order valence-electron chi connectivity index (χ3n) is 4.72. The minimum absolute atomic E-state index is 0.0900. The molecule has 6 nitrogen and oxygen atoms in total. The zero-order valence-electron chi connectivity index (χ0n) is 12.6. The van der Waals surface area contributed by atoms with E-state index < -0.39 is 5.54 Å². The van der Waals surface area contributed by atoms with E-state index in [4.69, 9.17) is 19.9 Å². The summed E-state index contributed by atoms with van der Waals surface area (Å²) >= 11 is 0. The maximum atomic E-state index is 11.9. The molecule has 4 unspecified atom stereocenters. The van der Waals surface area contributed by atoms with Crippen molar-refractivity contribution in [1.82, 2.24) is 4.90 Å². The molecule has 0 radical (unpaired) electrons. The number of hydrogen-bond acceptors (Lipinski definition) is 6. The summed E-state index contributed by atoms with van der Waals surface area (Å²) in [5.41, 5.74) is 5.40. The lowest BCUT2D eigenvalue weighted by molar-refractivity contribution is -0.149. The van der Waals surface area contributed by atoms with Crippen LogP contribution in [-0.2, 0) is 19.0 Å². The third kappa shape index (κ3) is 2.98. The zero-order chi connectivity index (χ0) is 14.8. The Kier molecular flexibility index (Phi) is 5.01. The van der Waals surface area contributed by atoms with Gasteiger partial charge in [-0.05, 0) is 25.7 Å². The second kappa shape index (κ2) is 6.39. The highest BCUT2D eigenvalue weighted by atomic mass is 16.5. The van der Waals surface area contributed by atoms with Crippen LogP contribution in [-0.4, -0.2) is 69.1 Å². The molecule has 0 aromatic heterocycles. The number of rotatable bonds is 4. The van der Waals surface area contributed by atoms with E-state index in [2.05, 4.69) is 4.90 Å². The van der Waals surface area contributed by atoms with Crippen LogP contribution >= 0.6 is 0 Å². The van der Waals surface area contributed by atoms with Crippen LogP contribution in [0.25, 0.3) is 0 Å². The van der Waals surface area contributed by atoms with Crippen LogP contribution in [0.5, 0.6) is 0 Å². The molecular weight excluding hydrogens is 260 g/mol. The van der Waals surface area contributed by atoms with Gasteiger partial charge < -0.3 is 19.9 Å². The van der Waals surface area contributed by atoms with Gasteiger partial charge in [0.05, 0.1) is 19.3 Å². The van der Waals surface area contributed by atoms with Gasteiger partial charge in [0, 0.05) is 33.4 Å². The zero-order valence-corrected chi connectivity index (χ0v) is 12.6.